The highest BCUT2D eigenvalue weighted by Gasteiger charge is 2.30. The number of rotatable bonds is 5. The highest BCUT2D eigenvalue weighted by molar-refractivity contribution is 9.09. The summed E-state index contributed by atoms with van der Waals surface area (Å²) in [5.74, 6) is 0. The lowest BCUT2D eigenvalue weighted by atomic mass is 9.67. The molecule has 1 fully saturated rings. The predicted octanol–water partition coefficient (Wildman–Crippen LogP) is 4.13. The van der Waals surface area contributed by atoms with Crippen LogP contribution in [-0.4, -0.2) is 5.33 Å². The molecule has 1 aliphatic rings. The molecular formula is C10H19Br. The molecule has 0 unspecified atom stereocenters. The number of hydrogen-bond donors (Lipinski definition) is 0. The van der Waals surface area contributed by atoms with Crippen molar-refractivity contribution in [3.05, 3.63) is 0 Å². The SMILES string of the molecule is CC1(CCCCCBr)CCC1. The Morgan fingerprint density at radius 2 is 1.91 bits per heavy atom. The van der Waals surface area contributed by atoms with Gasteiger partial charge in [-0.05, 0) is 31.1 Å². The van der Waals surface area contributed by atoms with Gasteiger partial charge in [0.05, 0.1) is 0 Å². The lowest BCUT2D eigenvalue weighted by Crippen LogP contribution is -2.24. The van der Waals surface area contributed by atoms with Gasteiger partial charge in [0.15, 0.2) is 0 Å². The van der Waals surface area contributed by atoms with Crippen molar-refractivity contribution >= 4 is 15.9 Å². The minimum absolute atomic E-state index is 0.756. The molecule has 0 bridgehead atoms. The molecule has 0 aromatic heterocycles. The van der Waals surface area contributed by atoms with Crippen LogP contribution in [0.2, 0.25) is 0 Å². The van der Waals surface area contributed by atoms with Gasteiger partial charge in [0.1, 0.15) is 0 Å². The van der Waals surface area contributed by atoms with E-state index in [1.54, 1.807) is 0 Å². The van der Waals surface area contributed by atoms with Crippen molar-refractivity contribution in [2.24, 2.45) is 5.41 Å². The topological polar surface area (TPSA) is 0 Å². The van der Waals surface area contributed by atoms with Crippen molar-refractivity contribution in [1.82, 2.24) is 0 Å². The molecule has 0 spiro atoms. The molecule has 0 atom stereocenters. The summed E-state index contributed by atoms with van der Waals surface area (Å²) in [6, 6.07) is 0. The third-order valence-corrected chi connectivity index (χ3v) is 3.54. The molecule has 0 aromatic rings. The Balaban J connectivity index is 1.94. The van der Waals surface area contributed by atoms with Crippen LogP contribution in [0.5, 0.6) is 0 Å². The molecule has 1 saturated carbocycles. The van der Waals surface area contributed by atoms with E-state index in [4.69, 9.17) is 0 Å². The van der Waals surface area contributed by atoms with Crippen molar-refractivity contribution in [3.63, 3.8) is 0 Å². The van der Waals surface area contributed by atoms with Gasteiger partial charge < -0.3 is 0 Å². The van der Waals surface area contributed by atoms with Gasteiger partial charge >= 0.3 is 0 Å². The Morgan fingerprint density at radius 1 is 1.18 bits per heavy atom. The highest BCUT2D eigenvalue weighted by atomic mass is 79.9. The summed E-state index contributed by atoms with van der Waals surface area (Å²) in [5, 5.41) is 1.18. The zero-order chi connectivity index (χ0) is 8.16. The standard InChI is InChI=1S/C10H19Br/c1-10(7-5-8-10)6-3-2-4-9-11/h2-9H2,1H3. The monoisotopic (exact) mass is 218 g/mol. The number of hydrogen-bond acceptors (Lipinski definition) is 0. The van der Waals surface area contributed by atoms with E-state index < -0.39 is 0 Å². The zero-order valence-electron chi connectivity index (χ0n) is 7.53. The van der Waals surface area contributed by atoms with E-state index in [0.717, 1.165) is 5.41 Å². The maximum atomic E-state index is 3.46. The van der Waals surface area contributed by atoms with E-state index in [1.165, 1.54) is 50.3 Å². The predicted molar refractivity (Wildman–Crippen MR) is 54.2 cm³/mol. The fraction of sp³-hybridized carbons (Fsp3) is 1.00. The van der Waals surface area contributed by atoms with Crippen LogP contribution in [-0.2, 0) is 0 Å². The van der Waals surface area contributed by atoms with Gasteiger partial charge in [-0.1, -0.05) is 42.1 Å². The molecule has 1 heteroatoms. The first-order valence-corrected chi connectivity index (χ1v) is 5.95. The van der Waals surface area contributed by atoms with Gasteiger partial charge in [0, 0.05) is 5.33 Å². The molecule has 1 rings (SSSR count). The molecule has 0 nitrogen and oxygen atoms in total. The summed E-state index contributed by atoms with van der Waals surface area (Å²) in [6.07, 6.45) is 10.1. The van der Waals surface area contributed by atoms with Gasteiger partial charge in [0.25, 0.3) is 0 Å². The third-order valence-electron chi connectivity index (χ3n) is 2.97. The van der Waals surface area contributed by atoms with E-state index in [-0.39, 0.29) is 0 Å². The molecule has 0 aliphatic heterocycles. The Morgan fingerprint density at radius 3 is 2.36 bits per heavy atom. The van der Waals surface area contributed by atoms with Crippen LogP contribution in [0.25, 0.3) is 0 Å². The van der Waals surface area contributed by atoms with Crippen molar-refractivity contribution in [3.8, 4) is 0 Å². The minimum atomic E-state index is 0.756. The second kappa shape index (κ2) is 4.49. The Hall–Kier alpha value is 0.480. The zero-order valence-corrected chi connectivity index (χ0v) is 9.12. The maximum absolute atomic E-state index is 3.46. The second-order valence-corrected chi connectivity index (χ2v) is 4.96. The van der Waals surface area contributed by atoms with E-state index in [1.807, 2.05) is 0 Å². The van der Waals surface area contributed by atoms with Crippen LogP contribution < -0.4 is 0 Å². The third kappa shape index (κ3) is 3.14. The number of alkyl halides is 1. The van der Waals surface area contributed by atoms with E-state index in [2.05, 4.69) is 22.9 Å². The Bertz CT molecular complexity index is 105. The molecule has 0 heterocycles. The first-order valence-electron chi connectivity index (χ1n) is 4.83. The molecule has 0 radical (unpaired) electrons. The molecule has 11 heavy (non-hydrogen) atoms. The lowest BCUT2D eigenvalue weighted by Gasteiger charge is -2.38. The van der Waals surface area contributed by atoms with Gasteiger partial charge in [-0.15, -0.1) is 0 Å². The van der Waals surface area contributed by atoms with Crippen LogP contribution in [0.4, 0.5) is 0 Å². The average Bonchev–Trinajstić information content (AvgIpc) is 1.95. The molecule has 66 valence electrons. The summed E-state index contributed by atoms with van der Waals surface area (Å²) >= 11 is 3.46. The molecule has 0 saturated heterocycles. The van der Waals surface area contributed by atoms with Crippen molar-refractivity contribution in [2.75, 3.05) is 5.33 Å². The smallest absolute Gasteiger partial charge is 0.00313 e. The van der Waals surface area contributed by atoms with Crippen LogP contribution in [0, 0.1) is 5.41 Å². The summed E-state index contributed by atoms with van der Waals surface area (Å²) in [4.78, 5) is 0. The van der Waals surface area contributed by atoms with Gasteiger partial charge in [-0.2, -0.15) is 0 Å². The average molecular weight is 219 g/mol. The first kappa shape index (κ1) is 9.57. The van der Waals surface area contributed by atoms with Gasteiger partial charge in [-0.25, -0.2) is 0 Å². The Labute approximate surface area is 78.9 Å². The molecule has 0 amide bonds. The van der Waals surface area contributed by atoms with Crippen molar-refractivity contribution < 1.29 is 0 Å². The number of unbranched alkanes of at least 4 members (excludes halogenated alkanes) is 2. The van der Waals surface area contributed by atoms with E-state index in [9.17, 15) is 0 Å². The van der Waals surface area contributed by atoms with Gasteiger partial charge in [0.2, 0.25) is 0 Å². The number of halogens is 1. The molecule has 0 aromatic carbocycles. The molecule has 1 aliphatic carbocycles. The maximum Gasteiger partial charge on any atom is 0.00313 e. The quantitative estimate of drug-likeness (QED) is 0.481. The largest absolute Gasteiger partial charge is 0.0928 e. The second-order valence-electron chi connectivity index (χ2n) is 4.16. The lowest BCUT2D eigenvalue weighted by molar-refractivity contribution is 0.141. The van der Waals surface area contributed by atoms with Crippen LogP contribution in [0.1, 0.15) is 51.9 Å². The van der Waals surface area contributed by atoms with Gasteiger partial charge in [-0.3, -0.25) is 0 Å². The van der Waals surface area contributed by atoms with E-state index in [0.29, 0.717) is 0 Å². The van der Waals surface area contributed by atoms with Crippen LogP contribution >= 0.6 is 15.9 Å². The fourth-order valence-corrected chi connectivity index (χ4v) is 2.25. The van der Waals surface area contributed by atoms with Crippen molar-refractivity contribution in [1.29, 1.82) is 0 Å². The summed E-state index contributed by atoms with van der Waals surface area (Å²) in [5.41, 5.74) is 0.756. The summed E-state index contributed by atoms with van der Waals surface area (Å²) in [6.45, 7) is 2.45. The normalized spacial score (nSPS) is 21.3. The van der Waals surface area contributed by atoms with Crippen molar-refractivity contribution in [2.45, 2.75) is 51.9 Å². The fourth-order valence-electron chi connectivity index (χ4n) is 1.85. The minimum Gasteiger partial charge on any atom is -0.0928 e. The van der Waals surface area contributed by atoms with Crippen LogP contribution in [0.15, 0.2) is 0 Å². The molecular weight excluding hydrogens is 200 g/mol. The first-order chi connectivity index (χ1) is 5.27. The highest BCUT2D eigenvalue weighted by Crippen LogP contribution is 2.44. The Kier molecular flexibility index (Phi) is 3.91. The molecule has 0 N–H and O–H groups in total. The van der Waals surface area contributed by atoms with E-state index >= 15 is 0 Å². The summed E-state index contributed by atoms with van der Waals surface area (Å²) in [7, 11) is 0. The summed E-state index contributed by atoms with van der Waals surface area (Å²) < 4.78 is 0. The van der Waals surface area contributed by atoms with Crippen LogP contribution in [0.3, 0.4) is 0 Å².